The molecule has 1 aromatic heterocycles. The van der Waals surface area contributed by atoms with Gasteiger partial charge in [0.05, 0.1) is 0 Å². The molecular weight excluding hydrogens is 238 g/mol. The Bertz CT molecular complexity index is 386. The number of thiophene rings is 1. The Hall–Kier alpha value is -0.340. The third-order valence-electron chi connectivity index (χ3n) is 4.21. The van der Waals surface area contributed by atoms with Gasteiger partial charge in [0, 0.05) is 21.8 Å². The molecule has 1 heterocycles. The summed E-state index contributed by atoms with van der Waals surface area (Å²) in [4.78, 5) is 2.91. The predicted molar refractivity (Wildman–Crippen MR) is 81.3 cm³/mol. The zero-order chi connectivity index (χ0) is 13.3. The van der Waals surface area contributed by atoms with E-state index in [1.165, 1.54) is 34.6 Å². The molecule has 1 saturated carbocycles. The Morgan fingerprint density at radius 2 is 1.78 bits per heavy atom. The summed E-state index contributed by atoms with van der Waals surface area (Å²) in [6.07, 6.45) is 4.09. The average Bonchev–Trinajstić information content (AvgIpc) is 2.56. The van der Waals surface area contributed by atoms with Gasteiger partial charge in [0.1, 0.15) is 0 Å². The largest absolute Gasteiger partial charge is 0.307 e. The number of hydrogen-bond donors (Lipinski definition) is 1. The van der Waals surface area contributed by atoms with Crippen molar-refractivity contribution in [1.82, 2.24) is 5.32 Å². The van der Waals surface area contributed by atoms with Crippen LogP contribution in [0.2, 0.25) is 0 Å². The van der Waals surface area contributed by atoms with Gasteiger partial charge >= 0.3 is 0 Å². The molecule has 0 aliphatic heterocycles. The summed E-state index contributed by atoms with van der Waals surface area (Å²) in [5, 5.41) is 3.86. The highest BCUT2D eigenvalue weighted by atomic mass is 32.1. The van der Waals surface area contributed by atoms with Crippen molar-refractivity contribution in [3.8, 4) is 0 Å². The standard InChI is InChI=1S/C16H27NS/c1-10-6-11(2)8-15(7-10)17-13(4)16-9-12(3)18-14(16)5/h9-11,13,15,17H,6-8H2,1-5H3. The summed E-state index contributed by atoms with van der Waals surface area (Å²) in [5.74, 6) is 1.76. The monoisotopic (exact) mass is 265 g/mol. The third-order valence-corrected chi connectivity index (χ3v) is 5.19. The molecule has 0 aromatic carbocycles. The maximum atomic E-state index is 3.86. The smallest absolute Gasteiger partial charge is 0.0305 e. The number of nitrogens with one attached hydrogen (secondary N) is 1. The summed E-state index contributed by atoms with van der Waals surface area (Å²) in [6.45, 7) is 11.6. The van der Waals surface area contributed by atoms with E-state index in [-0.39, 0.29) is 0 Å². The fraction of sp³-hybridized carbons (Fsp3) is 0.750. The minimum absolute atomic E-state index is 0.498. The van der Waals surface area contributed by atoms with E-state index in [4.69, 9.17) is 0 Å². The Morgan fingerprint density at radius 1 is 1.17 bits per heavy atom. The van der Waals surface area contributed by atoms with Crippen molar-refractivity contribution in [1.29, 1.82) is 0 Å². The zero-order valence-electron chi connectivity index (χ0n) is 12.4. The first kappa shape index (κ1) is 14.1. The molecule has 0 radical (unpaired) electrons. The van der Waals surface area contributed by atoms with Gasteiger partial charge in [-0.15, -0.1) is 11.3 Å². The van der Waals surface area contributed by atoms with Crippen LogP contribution in [-0.4, -0.2) is 6.04 Å². The molecule has 18 heavy (non-hydrogen) atoms. The normalized spacial score (nSPS) is 30.4. The van der Waals surface area contributed by atoms with Crippen molar-refractivity contribution >= 4 is 11.3 Å². The van der Waals surface area contributed by atoms with Gasteiger partial charge in [0.25, 0.3) is 0 Å². The zero-order valence-corrected chi connectivity index (χ0v) is 13.2. The lowest BCUT2D eigenvalue weighted by Gasteiger charge is -2.34. The maximum absolute atomic E-state index is 3.86. The maximum Gasteiger partial charge on any atom is 0.0305 e. The lowest BCUT2D eigenvalue weighted by molar-refractivity contribution is 0.228. The second-order valence-electron chi connectivity index (χ2n) is 6.37. The van der Waals surface area contributed by atoms with E-state index in [0.29, 0.717) is 12.1 Å². The fourth-order valence-electron chi connectivity index (χ4n) is 3.61. The molecule has 3 unspecified atom stereocenters. The molecule has 0 spiro atoms. The van der Waals surface area contributed by atoms with Gasteiger partial charge in [-0.25, -0.2) is 0 Å². The quantitative estimate of drug-likeness (QED) is 0.824. The third kappa shape index (κ3) is 3.36. The van der Waals surface area contributed by atoms with Gasteiger partial charge in [-0.3, -0.25) is 0 Å². The highest BCUT2D eigenvalue weighted by molar-refractivity contribution is 7.12. The average molecular weight is 265 g/mol. The number of aryl methyl sites for hydroxylation is 2. The summed E-state index contributed by atoms with van der Waals surface area (Å²) in [7, 11) is 0. The molecule has 1 N–H and O–H groups in total. The van der Waals surface area contributed by atoms with Crippen LogP contribution in [0, 0.1) is 25.7 Å². The minimum Gasteiger partial charge on any atom is -0.307 e. The number of hydrogen-bond acceptors (Lipinski definition) is 2. The minimum atomic E-state index is 0.498. The van der Waals surface area contributed by atoms with Crippen LogP contribution in [0.15, 0.2) is 6.07 Å². The van der Waals surface area contributed by atoms with Gasteiger partial charge in [0.15, 0.2) is 0 Å². The SMILES string of the molecule is Cc1cc(C(C)NC2CC(C)CC(C)C2)c(C)s1. The van der Waals surface area contributed by atoms with Crippen LogP contribution in [-0.2, 0) is 0 Å². The first-order valence-electron chi connectivity index (χ1n) is 7.28. The highest BCUT2D eigenvalue weighted by Crippen LogP contribution is 2.31. The van der Waals surface area contributed by atoms with Crippen LogP contribution < -0.4 is 5.32 Å². The molecule has 1 aromatic rings. The van der Waals surface area contributed by atoms with Crippen molar-refractivity contribution in [2.75, 3.05) is 0 Å². The molecule has 3 atom stereocenters. The lowest BCUT2D eigenvalue weighted by Crippen LogP contribution is -2.37. The molecule has 2 heteroatoms. The van der Waals surface area contributed by atoms with E-state index in [0.717, 1.165) is 11.8 Å². The summed E-state index contributed by atoms with van der Waals surface area (Å²) in [5.41, 5.74) is 1.50. The van der Waals surface area contributed by atoms with Crippen molar-refractivity contribution < 1.29 is 0 Å². The first-order valence-corrected chi connectivity index (χ1v) is 8.10. The molecule has 1 aliphatic carbocycles. The van der Waals surface area contributed by atoms with Crippen molar-refractivity contribution in [3.05, 3.63) is 21.4 Å². The Labute approximate surface area is 116 Å². The van der Waals surface area contributed by atoms with Gasteiger partial charge < -0.3 is 5.32 Å². The van der Waals surface area contributed by atoms with Crippen LogP contribution in [0.1, 0.15) is 61.4 Å². The van der Waals surface area contributed by atoms with Gasteiger partial charge in [-0.05, 0) is 63.5 Å². The van der Waals surface area contributed by atoms with Crippen molar-refractivity contribution in [2.45, 2.75) is 66.0 Å². The molecule has 1 aliphatic rings. The Morgan fingerprint density at radius 3 is 2.28 bits per heavy atom. The van der Waals surface area contributed by atoms with E-state index in [1.807, 2.05) is 11.3 Å². The fourth-order valence-corrected chi connectivity index (χ4v) is 4.63. The lowest BCUT2D eigenvalue weighted by atomic mass is 9.80. The van der Waals surface area contributed by atoms with Crippen molar-refractivity contribution in [3.63, 3.8) is 0 Å². The molecule has 1 fully saturated rings. The van der Waals surface area contributed by atoms with Gasteiger partial charge in [-0.1, -0.05) is 13.8 Å². The van der Waals surface area contributed by atoms with Gasteiger partial charge in [0.2, 0.25) is 0 Å². The first-order chi connectivity index (χ1) is 8.45. The highest BCUT2D eigenvalue weighted by Gasteiger charge is 2.25. The summed E-state index contributed by atoms with van der Waals surface area (Å²) in [6, 6.07) is 3.56. The topological polar surface area (TPSA) is 12.0 Å². The summed E-state index contributed by atoms with van der Waals surface area (Å²) >= 11 is 1.92. The van der Waals surface area contributed by atoms with Crippen LogP contribution in [0.4, 0.5) is 0 Å². The van der Waals surface area contributed by atoms with E-state index >= 15 is 0 Å². The molecular formula is C16H27NS. The van der Waals surface area contributed by atoms with Crippen LogP contribution in [0.3, 0.4) is 0 Å². The van der Waals surface area contributed by atoms with Crippen LogP contribution in [0.25, 0.3) is 0 Å². The second-order valence-corrected chi connectivity index (χ2v) is 7.83. The second kappa shape index (κ2) is 5.75. The van der Waals surface area contributed by atoms with Gasteiger partial charge in [-0.2, -0.15) is 0 Å². The molecule has 0 saturated heterocycles. The van der Waals surface area contributed by atoms with Crippen LogP contribution in [0.5, 0.6) is 0 Å². The van der Waals surface area contributed by atoms with Crippen molar-refractivity contribution in [2.24, 2.45) is 11.8 Å². The van der Waals surface area contributed by atoms with Crippen LogP contribution >= 0.6 is 11.3 Å². The Kier molecular flexibility index (Phi) is 4.50. The molecule has 0 bridgehead atoms. The predicted octanol–water partition coefficient (Wildman–Crippen LogP) is 4.84. The molecule has 1 nitrogen and oxygen atoms in total. The Balaban J connectivity index is 1.98. The summed E-state index contributed by atoms with van der Waals surface area (Å²) < 4.78 is 0. The van der Waals surface area contributed by atoms with E-state index < -0.39 is 0 Å². The number of rotatable bonds is 3. The molecule has 2 rings (SSSR count). The molecule has 102 valence electrons. The van der Waals surface area contributed by atoms with E-state index in [9.17, 15) is 0 Å². The molecule has 0 amide bonds. The van der Waals surface area contributed by atoms with E-state index in [2.05, 4.69) is 46.0 Å². The van der Waals surface area contributed by atoms with E-state index in [1.54, 1.807) is 0 Å².